The number of nitrogens with one attached hydrogen (secondary N) is 1. The number of hydrogen-bond donors (Lipinski definition) is 1. The smallest absolute Gasteiger partial charge is 0.189 e. The van der Waals surface area contributed by atoms with E-state index in [0.29, 0.717) is 17.7 Å². The third-order valence-electron chi connectivity index (χ3n) is 4.54. The number of rotatable bonds is 7. The van der Waals surface area contributed by atoms with Crippen LogP contribution in [0.2, 0.25) is 0 Å². The highest BCUT2D eigenvalue weighted by Gasteiger charge is 2.22. The van der Waals surface area contributed by atoms with Crippen LogP contribution in [0.3, 0.4) is 0 Å². The summed E-state index contributed by atoms with van der Waals surface area (Å²) < 4.78 is 2.12. The van der Waals surface area contributed by atoms with Gasteiger partial charge in [0, 0.05) is 17.8 Å². The molecular formula is C20H23N3O2S. The number of fused-ring (bicyclic) bond motifs is 1. The fourth-order valence-corrected chi connectivity index (χ4v) is 4.37. The normalized spacial score (nSPS) is 11.2. The average Bonchev–Trinajstić information content (AvgIpc) is 3.16. The summed E-state index contributed by atoms with van der Waals surface area (Å²) in [6.07, 6.45) is 0.651. The highest BCUT2D eigenvalue weighted by atomic mass is 32.2. The summed E-state index contributed by atoms with van der Waals surface area (Å²) in [6, 6.07) is 7.98. The molecule has 1 N–H and O–H groups in total. The minimum absolute atomic E-state index is 0.00263. The number of benzene rings is 1. The number of Topliss-reactive ketones (excluding diaryl/α,β-unsaturated/α-hetero) is 2. The first kappa shape index (κ1) is 18.5. The van der Waals surface area contributed by atoms with Gasteiger partial charge in [-0.15, -0.1) is 0 Å². The summed E-state index contributed by atoms with van der Waals surface area (Å²) in [5.41, 5.74) is 4.82. The van der Waals surface area contributed by atoms with Gasteiger partial charge in [-0.1, -0.05) is 30.8 Å². The molecule has 0 atom stereocenters. The van der Waals surface area contributed by atoms with Crippen molar-refractivity contribution in [2.75, 3.05) is 5.75 Å². The van der Waals surface area contributed by atoms with Crippen LogP contribution in [-0.2, 0) is 13.0 Å². The Morgan fingerprint density at radius 2 is 1.96 bits per heavy atom. The van der Waals surface area contributed by atoms with Gasteiger partial charge in [-0.2, -0.15) is 0 Å². The second-order valence-corrected chi connectivity index (χ2v) is 7.17. The van der Waals surface area contributed by atoms with Crippen molar-refractivity contribution < 1.29 is 9.59 Å². The second kappa shape index (κ2) is 7.50. The van der Waals surface area contributed by atoms with Crippen LogP contribution < -0.4 is 0 Å². The van der Waals surface area contributed by atoms with E-state index in [0.717, 1.165) is 34.0 Å². The maximum Gasteiger partial charge on any atom is 0.189 e. The molecule has 26 heavy (non-hydrogen) atoms. The topological polar surface area (TPSA) is 67.8 Å². The second-order valence-electron chi connectivity index (χ2n) is 6.23. The van der Waals surface area contributed by atoms with E-state index in [2.05, 4.69) is 21.5 Å². The molecule has 2 aromatic heterocycles. The highest BCUT2D eigenvalue weighted by molar-refractivity contribution is 7.99. The summed E-state index contributed by atoms with van der Waals surface area (Å²) in [7, 11) is 0. The van der Waals surface area contributed by atoms with E-state index in [4.69, 9.17) is 0 Å². The van der Waals surface area contributed by atoms with Gasteiger partial charge in [-0.3, -0.25) is 9.59 Å². The van der Waals surface area contributed by atoms with E-state index >= 15 is 0 Å². The molecule has 5 nitrogen and oxygen atoms in total. The molecule has 0 amide bonds. The van der Waals surface area contributed by atoms with E-state index < -0.39 is 0 Å². The number of thioether (sulfide) groups is 1. The van der Waals surface area contributed by atoms with Crippen LogP contribution in [-0.4, -0.2) is 31.9 Å². The van der Waals surface area contributed by atoms with Crippen LogP contribution in [0.1, 0.15) is 52.9 Å². The fraction of sp³-hybridized carbons (Fsp3) is 0.350. The molecule has 1 aromatic carbocycles. The SMILES string of the molecule is CCc1c(C(=O)CSc2nc3ccccc3n2CC)[nH]c(C)c1C(C)=O. The molecule has 0 fully saturated rings. The molecule has 0 spiro atoms. The molecule has 6 heteroatoms. The van der Waals surface area contributed by atoms with Crippen molar-refractivity contribution in [1.29, 1.82) is 0 Å². The molecule has 0 radical (unpaired) electrons. The van der Waals surface area contributed by atoms with Crippen molar-refractivity contribution in [2.45, 2.75) is 45.8 Å². The molecule has 3 aromatic rings. The van der Waals surface area contributed by atoms with Crippen LogP contribution in [0, 0.1) is 6.92 Å². The number of ketones is 2. The van der Waals surface area contributed by atoms with Gasteiger partial charge in [0.05, 0.1) is 22.5 Å². The Kier molecular flexibility index (Phi) is 5.32. The van der Waals surface area contributed by atoms with Gasteiger partial charge in [-0.05, 0) is 44.9 Å². The van der Waals surface area contributed by atoms with E-state index in [1.807, 2.05) is 38.1 Å². The maximum absolute atomic E-state index is 12.8. The minimum atomic E-state index is -0.00456. The van der Waals surface area contributed by atoms with Crippen LogP contribution in [0.5, 0.6) is 0 Å². The van der Waals surface area contributed by atoms with E-state index in [-0.39, 0.29) is 17.3 Å². The van der Waals surface area contributed by atoms with E-state index in [9.17, 15) is 9.59 Å². The predicted octanol–water partition coefficient (Wildman–Crippen LogP) is 4.43. The number of aryl methyl sites for hydroxylation is 2. The quantitative estimate of drug-likeness (QED) is 0.494. The van der Waals surface area contributed by atoms with Crippen molar-refractivity contribution >= 4 is 34.4 Å². The van der Waals surface area contributed by atoms with Crippen LogP contribution >= 0.6 is 11.8 Å². The number of para-hydroxylation sites is 2. The molecule has 0 aliphatic rings. The Morgan fingerprint density at radius 3 is 2.62 bits per heavy atom. The standard InChI is InChI=1S/C20H23N3O2S/c1-5-14-18(13(4)24)12(3)21-19(14)17(25)11-26-20-22-15-9-7-8-10-16(15)23(20)6-2/h7-10,21H,5-6,11H2,1-4H3. The molecule has 3 rings (SSSR count). The number of carbonyl (C=O) groups is 2. The number of aromatic amines is 1. The van der Waals surface area contributed by atoms with Crippen molar-refractivity contribution in [3.05, 3.63) is 46.8 Å². The van der Waals surface area contributed by atoms with Crippen LogP contribution in [0.4, 0.5) is 0 Å². The molecule has 0 unspecified atom stereocenters. The number of imidazole rings is 1. The summed E-state index contributed by atoms with van der Waals surface area (Å²) in [5, 5.41) is 0.843. The van der Waals surface area contributed by atoms with Crippen molar-refractivity contribution in [2.24, 2.45) is 0 Å². The van der Waals surface area contributed by atoms with Crippen LogP contribution in [0.15, 0.2) is 29.4 Å². The molecule has 0 saturated carbocycles. The predicted molar refractivity (Wildman–Crippen MR) is 105 cm³/mol. The average molecular weight is 369 g/mol. The van der Waals surface area contributed by atoms with Crippen molar-refractivity contribution in [1.82, 2.24) is 14.5 Å². The monoisotopic (exact) mass is 369 g/mol. The van der Waals surface area contributed by atoms with Gasteiger partial charge in [0.15, 0.2) is 16.7 Å². The molecule has 0 bridgehead atoms. The van der Waals surface area contributed by atoms with Gasteiger partial charge in [0.2, 0.25) is 0 Å². The van der Waals surface area contributed by atoms with Gasteiger partial charge in [0.25, 0.3) is 0 Å². The van der Waals surface area contributed by atoms with E-state index in [1.54, 1.807) is 6.92 Å². The first-order chi connectivity index (χ1) is 12.5. The lowest BCUT2D eigenvalue weighted by atomic mass is 10.0. The Balaban J connectivity index is 1.86. The zero-order valence-corrected chi connectivity index (χ0v) is 16.4. The Labute approximate surface area is 157 Å². The molecule has 0 saturated heterocycles. The molecular weight excluding hydrogens is 346 g/mol. The van der Waals surface area contributed by atoms with Gasteiger partial charge >= 0.3 is 0 Å². The number of carbonyl (C=O) groups excluding carboxylic acids is 2. The van der Waals surface area contributed by atoms with Gasteiger partial charge < -0.3 is 9.55 Å². The fourth-order valence-electron chi connectivity index (χ4n) is 3.42. The summed E-state index contributed by atoms with van der Waals surface area (Å²) in [5.74, 6) is 0.278. The van der Waals surface area contributed by atoms with Gasteiger partial charge in [0.1, 0.15) is 0 Å². The molecule has 136 valence electrons. The van der Waals surface area contributed by atoms with Crippen molar-refractivity contribution in [3.8, 4) is 0 Å². The Bertz CT molecular complexity index is 985. The largest absolute Gasteiger partial charge is 0.355 e. The Hall–Kier alpha value is -2.34. The Morgan fingerprint density at radius 1 is 1.23 bits per heavy atom. The minimum Gasteiger partial charge on any atom is -0.355 e. The first-order valence-corrected chi connectivity index (χ1v) is 9.80. The van der Waals surface area contributed by atoms with E-state index in [1.165, 1.54) is 11.8 Å². The zero-order valence-electron chi connectivity index (χ0n) is 15.5. The van der Waals surface area contributed by atoms with Crippen LogP contribution in [0.25, 0.3) is 11.0 Å². The van der Waals surface area contributed by atoms with Gasteiger partial charge in [-0.25, -0.2) is 4.98 Å². The number of hydrogen-bond acceptors (Lipinski definition) is 4. The van der Waals surface area contributed by atoms with Crippen molar-refractivity contribution in [3.63, 3.8) is 0 Å². The molecule has 2 heterocycles. The highest BCUT2D eigenvalue weighted by Crippen LogP contribution is 2.26. The third kappa shape index (κ3) is 3.21. The molecule has 0 aliphatic carbocycles. The number of aromatic nitrogens is 3. The summed E-state index contributed by atoms with van der Waals surface area (Å²) in [6.45, 7) is 8.23. The summed E-state index contributed by atoms with van der Waals surface area (Å²) >= 11 is 1.44. The lowest BCUT2D eigenvalue weighted by Gasteiger charge is -2.06. The third-order valence-corrected chi connectivity index (χ3v) is 5.52. The maximum atomic E-state index is 12.8. The lowest BCUT2D eigenvalue weighted by molar-refractivity contribution is 0.101. The molecule has 0 aliphatic heterocycles. The number of H-pyrrole nitrogens is 1. The first-order valence-electron chi connectivity index (χ1n) is 8.81. The summed E-state index contributed by atoms with van der Waals surface area (Å²) in [4.78, 5) is 32.5. The lowest BCUT2D eigenvalue weighted by Crippen LogP contribution is -2.08. The number of nitrogens with zero attached hydrogens (tertiary/aromatic N) is 2. The zero-order chi connectivity index (χ0) is 18.8.